The number of nitrogens with zero attached hydrogens (tertiary/aromatic N) is 5. The van der Waals surface area contributed by atoms with Gasteiger partial charge in [-0.3, -0.25) is 0 Å². The van der Waals surface area contributed by atoms with Crippen LogP contribution in [0.1, 0.15) is 16.7 Å². The minimum absolute atomic E-state index is 0.0146. The van der Waals surface area contributed by atoms with Crippen molar-refractivity contribution in [1.82, 2.24) is 15.0 Å². The van der Waals surface area contributed by atoms with Gasteiger partial charge in [0.1, 0.15) is 17.2 Å². The molecular weight excluding hydrogens is 400 g/mol. The summed E-state index contributed by atoms with van der Waals surface area (Å²) in [4.78, 5) is 20.7. The Morgan fingerprint density at radius 3 is 1.74 bits per heavy atom. The van der Waals surface area contributed by atoms with E-state index in [0.717, 1.165) is 5.56 Å². The van der Waals surface area contributed by atoms with Gasteiger partial charge >= 0.3 is 0 Å². The summed E-state index contributed by atoms with van der Waals surface area (Å²) in [6.07, 6.45) is 3.10. The van der Waals surface area contributed by atoms with Gasteiger partial charge in [0, 0.05) is 24.1 Å². The molecule has 0 spiro atoms. The lowest BCUT2D eigenvalue weighted by Crippen LogP contribution is -1.97. The maximum absolute atomic E-state index is 9.38. The molecule has 0 aliphatic carbocycles. The molecule has 160 valence electrons. The summed E-state index contributed by atoms with van der Waals surface area (Å²) < 4.78 is 15.7. The van der Waals surface area contributed by atoms with Crippen molar-refractivity contribution in [3.63, 3.8) is 0 Å². The van der Waals surface area contributed by atoms with Gasteiger partial charge in [0.15, 0.2) is 0 Å². The normalized spacial score (nSPS) is 11.2. The molecule has 0 amide bonds. The van der Waals surface area contributed by atoms with Crippen molar-refractivity contribution in [2.75, 3.05) is 27.1 Å². The highest BCUT2D eigenvalue weighted by Gasteiger charge is 2.04. The summed E-state index contributed by atoms with van der Waals surface area (Å²) in [5.74, 6) is 2.03. The van der Waals surface area contributed by atoms with E-state index in [1.165, 1.54) is 6.21 Å². The third-order valence-electron chi connectivity index (χ3n) is 4.07. The molecule has 0 bridgehead atoms. The van der Waals surface area contributed by atoms with E-state index < -0.39 is 0 Å². The van der Waals surface area contributed by atoms with E-state index in [1.54, 1.807) is 63.9 Å². The lowest BCUT2D eigenvalue weighted by Gasteiger charge is -2.05. The first-order valence-electron chi connectivity index (χ1n) is 9.14. The van der Waals surface area contributed by atoms with Crippen LogP contribution >= 0.6 is 0 Å². The Morgan fingerprint density at radius 1 is 0.774 bits per heavy atom. The molecule has 0 atom stereocenters. The summed E-state index contributed by atoms with van der Waals surface area (Å²) in [5, 5.41) is 9.38. The van der Waals surface area contributed by atoms with Crippen LogP contribution in [0.25, 0.3) is 0 Å². The molecule has 3 N–H and O–H groups in total. The van der Waals surface area contributed by atoms with Gasteiger partial charge in [0.05, 0.1) is 27.9 Å². The van der Waals surface area contributed by atoms with Gasteiger partial charge in [-0.05, 0) is 41.5 Å². The Balaban J connectivity index is 1.86. The van der Waals surface area contributed by atoms with E-state index in [4.69, 9.17) is 19.9 Å². The summed E-state index contributed by atoms with van der Waals surface area (Å²) >= 11 is 0. The van der Waals surface area contributed by atoms with Crippen molar-refractivity contribution in [2.45, 2.75) is 6.61 Å². The largest absolute Gasteiger partial charge is 0.497 e. The molecule has 0 aliphatic rings. The first kappa shape index (κ1) is 21.7. The molecule has 0 fully saturated rings. The zero-order chi connectivity index (χ0) is 22.2. The Kier molecular flexibility index (Phi) is 7.07. The minimum Gasteiger partial charge on any atom is -0.497 e. The van der Waals surface area contributed by atoms with Crippen molar-refractivity contribution in [1.29, 1.82) is 0 Å². The Labute approximate surface area is 179 Å². The third-order valence-corrected chi connectivity index (χ3v) is 4.07. The van der Waals surface area contributed by atoms with Crippen molar-refractivity contribution in [3.05, 3.63) is 53.1 Å². The van der Waals surface area contributed by atoms with Crippen molar-refractivity contribution < 1.29 is 19.3 Å². The second kappa shape index (κ2) is 10.1. The van der Waals surface area contributed by atoms with E-state index in [1.807, 2.05) is 0 Å². The number of methoxy groups -OCH3 is 3. The molecular formula is C21H22N6O4. The minimum atomic E-state index is -0.120. The molecule has 3 rings (SSSR count). The second-order valence-corrected chi connectivity index (χ2v) is 6.23. The van der Waals surface area contributed by atoms with E-state index >= 15 is 0 Å². The number of benzene rings is 2. The van der Waals surface area contributed by atoms with E-state index in [9.17, 15) is 5.11 Å². The second-order valence-electron chi connectivity index (χ2n) is 6.23. The molecule has 10 heteroatoms. The number of hydrogen-bond acceptors (Lipinski definition) is 10. The quantitative estimate of drug-likeness (QED) is 0.528. The van der Waals surface area contributed by atoms with Gasteiger partial charge < -0.3 is 25.1 Å². The maximum atomic E-state index is 9.38. The predicted molar refractivity (Wildman–Crippen MR) is 117 cm³/mol. The van der Waals surface area contributed by atoms with Crippen LogP contribution in [-0.2, 0) is 6.61 Å². The standard InChI is InChI=1S/C21H22N6O4/c1-29-16-5-13(4-15(8-16)12-28)10-23-20-25-19(22)26-21(27-20)24-11-14-6-17(30-2)9-18(7-14)31-3/h4-11,28H,12H2,1-3H3,(H2,22,25,26,27). The van der Waals surface area contributed by atoms with Crippen LogP contribution < -0.4 is 19.9 Å². The molecule has 0 unspecified atom stereocenters. The number of aliphatic imine (C=N–C) groups is 2. The SMILES string of the molecule is COc1cc(C=Nc2nc(N)nc(N=Cc3cc(OC)cc(OC)c3)n2)cc(CO)c1. The Bertz CT molecular complexity index is 989. The van der Waals surface area contributed by atoms with Crippen LogP contribution in [0.3, 0.4) is 0 Å². The number of anilines is 1. The number of aliphatic hydroxyl groups excluding tert-OH is 1. The first-order chi connectivity index (χ1) is 15.0. The number of hydrogen-bond donors (Lipinski definition) is 2. The fourth-order valence-electron chi connectivity index (χ4n) is 2.62. The van der Waals surface area contributed by atoms with Crippen molar-refractivity contribution in [3.8, 4) is 17.2 Å². The maximum Gasteiger partial charge on any atom is 0.256 e. The van der Waals surface area contributed by atoms with E-state index in [0.29, 0.717) is 28.4 Å². The molecule has 2 aromatic carbocycles. The van der Waals surface area contributed by atoms with Crippen molar-refractivity contribution in [2.24, 2.45) is 9.98 Å². The zero-order valence-electron chi connectivity index (χ0n) is 17.3. The number of nitrogens with two attached hydrogens (primary N) is 1. The topological polar surface area (TPSA) is 137 Å². The summed E-state index contributed by atoms with van der Waals surface area (Å²) in [7, 11) is 4.68. The summed E-state index contributed by atoms with van der Waals surface area (Å²) in [6, 6.07) is 10.6. The smallest absolute Gasteiger partial charge is 0.256 e. The van der Waals surface area contributed by atoms with Gasteiger partial charge in [0.2, 0.25) is 5.95 Å². The van der Waals surface area contributed by atoms with E-state index in [2.05, 4.69) is 24.9 Å². The highest BCUT2D eigenvalue weighted by atomic mass is 16.5. The third kappa shape index (κ3) is 5.97. The van der Waals surface area contributed by atoms with Crippen LogP contribution in [0, 0.1) is 0 Å². The molecule has 0 aliphatic heterocycles. The molecule has 0 saturated heterocycles. The highest BCUT2D eigenvalue weighted by Crippen LogP contribution is 2.22. The van der Waals surface area contributed by atoms with Gasteiger partial charge in [-0.1, -0.05) is 0 Å². The van der Waals surface area contributed by atoms with Crippen LogP contribution in [0.2, 0.25) is 0 Å². The van der Waals surface area contributed by atoms with Gasteiger partial charge in [0.25, 0.3) is 11.9 Å². The summed E-state index contributed by atoms with van der Waals surface area (Å²) in [6.45, 7) is -0.120. The monoisotopic (exact) mass is 422 g/mol. The number of aromatic nitrogens is 3. The van der Waals surface area contributed by atoms with Crippen LogP contribution in [-0.4, -0.2) is 53.8 Å². The Hall–Kier alpha value is -4.05. The molecule has 10 nitrogen and oxygen atoms in total. The molecule has 0 radical (unpaired) electrons. The predicted octanol–water partition coefficient (Wildman–Crippen LogP) is 2.47. The fraction of sp³-hybridized carbons (Fsp3) is 0.190. The van der Waals surface area contributed by atoms with Crippen LogP contribution in [0.5, 0.6) is 17.2 Å². The van der Waals surface area contributed by atoms with Gasteiger partial charge in [-0.25, -0.2) is 9.98 Å². The lowest BCUT2D eigenvalue weighted by atomic mass is 10.1. The average Bonchev–Trinajstić information content (AvgIpc) is 2.80. The van der Waals surface area contributed by atoms with Gasteiger partial charge in [-0.2, -0.15) is 15.0 Å². The van der Waals surface area contributed by atoms with Crippen LogP contribution in [0.15, 0.2) is 46.4 Å². The Morgan fingerprint density at radius 2 is 1.26 bits per heavy atom. The molecule has 0 saturated carbocycles. The first-order valence-corrected chi connectivity index (χ1v) is 9.14. The number of ether oxygens (including phenoxy) is 3. The molecule has 3 aromatic rings. The lowest BCUT2D eigenvalue weighted by molar-refractivity contribution is 0.281. The molecule has 1 heterocycles. The number of rotatable bonds is 8. The van der Waals surface area contributed by atoms with Crippen molar-refractivity contribution >= 4 is 30.3 Å². The number of nitrogen functional groups attached to an aromatic ring is 1. The molecule has 31 heavy (non-hydrogen) atoms. The highest BCUT2D eigenvalue weighted by molar-refractivity contribution is 5.83. The van der Waals surface area contributed by atoms with Crippen LogP contribution in [0.4, 0.5) is 17.8 Å². The van der Waals surface area contributed by atoms with Gasteiger partial charge in [-0.15, -0.1) is 0 Å². The molecule has 1 aromatic heterocycles. The number of aliphatic hydroxyl groups is 1. The average molecular weight is 422 g/mol. The summed E-state index contributed by atoms with van der Waals surface area (Å²) in [5.41, 5.74) is 7.90. The van der Waals surface area contributed by atoms with E-state index in [-0.39, 0.29) is 24.5 Å². The zero-order valence-corrected chi connectivity index (χ0v) is 17.3. The fourth-order valence-corrected chi connectivity index (χ4v) is 2.62.